The molecule has 12 heteroatoms. The molecule has 0 atom stereocenters. The van der Waals surface area contributed by atoms with Crippen LogP contribution in [-0.4, -0.2) is 63.4 Å². The highest BCUT2D eigenvalue weighted by molar-refractivity contribution is 5.91. The Balaban J connectivity index is 1.36. The Bertz CT molecular complexity index is 1500. The molecule has 0 aliphatic carbocycles. The maximum Gasteiger partial charge on any atom is 0.419 e. The number of carbonyl (C=O) groups excluding carboxylic acids is 1. The van der Waals surface area contributed by atoms with Crippen LogP contribution in [-0.2, 0) is 12.7 Å². The summed E-state index contributed by atoms with van der Waals surface area (Å²) in [4.78, 5) is 28.3. The predicted octanol–water partition coefficient (Wildman–Crippen LogP) is 4.47. The lowest BCUT2D eigenvalue weighted by atomic mass is 10.1. The molecule has 196 valence electrons. The number of ether oxygens (including phenoxy) is 1. The Hall–Kier alpha value is -4.37. The van der Waals surface area contributed by atoms with Crippen LogP contribution in [0.3, 0.4) is 0 Å². The number of pyridine rings is 1. The van der Waals surface area contributed by atoms with Crippen LogP contribution >= 0.6 is 0 Å². The average molecular weight is 525 g/mol. The van der Waals surface area contributed by atoms with E-state index in [1.54, 1.807) is 30.0 Å². The minimum Gasteiger partial charge on any atom is -0.493 e. The van der Waals surface area contributed by atoms with Crippen molar-refractivity contribution in [3.05, 3.63) is 65.5 Å². The van der Waals surface area contributed by atoms with Gasteiger partial charge in [-0.05, 0) is 43.3 Å². The molecule has 0 spiro atoms. The molecule has 0 unspecified atom stereocenters. The fourth-order valence-electron chi connectivity index (χ4n) is 4.44. The van der Waals surface area contributed by atoms with Crippen molar-refractivity contribution < 1.29 is 27.1 Å². The summed E-state index contributed by atoms with van der Waals surface area (Å²) in [7, 11) is 0. The van der Waals surface area contributed by atoms with Gasteiger partial charge in [0.05, 0.1) is 36.2 Å². The Morgan fingerprint density at radius 1 is 1.18 bits per heavy atom. The van der Waals surface area contributed by atoms with Crippen LogP contribution in [0.4, 0.5) is 13.2 Å². The van der Waals surface area contributed by atoms with Crippen molar-refractivity contribution in [3.8, 4) is 23.1 Å². The fourth-order valence-corrected chi connectivity index (χ4v) is 4.44. The second-order valence-corrected chi connectivity index (χ2v) is 8.73. The fraction of sp³-hybridized carbons (Fsp3) is 0.308. The molecule has 3 aromatic heterocycles. The largest absolute Gasteiger partial charge is 0.493 e. The number of nitrogens with zero attached hydrogens (tertiary/aromatic N) is 5. The number of amides is 1. The van der Waals surface area contributed by atoms with E-state index in [1.807, 2.05) is 6.07 Å². The van der Waals surface area contributed by atoms with Gasteiger partial charge in [-0.2, -0.15) is 18.4 Å². The van der Waals surface area contributed by atoms with Crippen molar-refractivity contribution in [3.63, 3.8) is 0 Å². The molecule has 5 rings (SSSR count). The number of piperazine rings is 1. The molecular weight excluding hydrogens is 501 g/mol. The van der Waals surface area contributed by atoms with Crippen molar-refractivity contribution in [1.82, 2.24) is 24.8 Å². The van der Waals surface area contributed by atoms with Gasteiger partial charge in [0.15, 0.2) is 11.5 Å². The molecule has 4 aromatic rings. The quantitative estimate of drug-likeness (QED) is 0.396. The van der Waals surface area contributed by atoms with Crippen molar-refractivity contribution in [2.45, 2.75) is 19.6 Å². The number of nitrogens with one attached hydrogen (secondary N) is 1. The number of H-pyrrole nitrogens is 1. The van der Waals surface area contributed by atoms with E-state index in [0.29, 0.717) is 55.3 Å². The first-order valence-electron chi connectivity index (χ1n) is 12.0. The predicted molar refractivity (Wildman–Crippen MR) is 130 cm³/mol. The number of fused-ring (bicyclic) bond motifs is 1. The maximum absolute atomic E-state index is 13.6. The van der Waals surface area contributed by atoms with Gasteiger partial charge in [-0.3, -0.25) is 9.69 Å². The lowest BCUT2D eigenvalue weighted by Crippen LogP contribution is -2.48. The average Bonchev–Trinajstić information content (AvgIpc) is 3.58. The number of nitriles is 1. The van der Waals surface area contributed by atoms with E-state index in [1.165, 1.54) is 18.4 Å². The number of furan rings is 1. The molecule has 1 aliphatic heterocycles. The number of aromatic nitrogens is 3. The van der Waals surface area contributed by atoms with E-state index in [0.717, 1.165) is 6.07 Å². The van der Waals surface area contributed by atoms with Gasteiger partial charge in [0.1, 0.15) is 23.2 Å². The second-order valence-electron chi connectivity index (χ2n) is 8.73. The number of imidazole rings is 1. The van der Waals surface area contributed by atoms with E-state index in [-0.39, 0.29) is 35.2 Å². The first kappa shape index (κ1) is 25.3. The zero-order chi connectivity index (χ0) is 26.9. The molecular formula is C26H23F3N6O3. The maximum atomic E-state index is 13.6. The Morgan fingerprint density at radius 2 is 1.97 bits per heavy atom. The number of aromatic amines is 1. The van der Waals surface area contributed by atoms with Crippen LogP contribution in [0.5, 0.6) is 5.75 Å². The van der Waals surface area contributed by atoms with Gasteiger partial charge < -0.3 is 19.0 Å². The Morgan fingerprint density at radius 3 is 2.63 bits per heavy atom. The topological polar surface area (TPSA) is 111 Å². The third-order valence-corrected chi connectivity index (χ3v) is 6.27. The summed E-state index contributed by atoms with van der Waals surface area (Å²) in [6.07, 6.45) is -3.15. The smallest absolute Gasteiger partial charge is 0.419 e. The number of hydrogen-bond acceptors (Lipinski definition) is 7. The molecule has 9 nitrogen and oxygen atoms in total. The van der Waals surface area contributed by atoms with E-state index in [2.05, 4.69) is 19.9 Å². The summed E-state index contributed by atoms with van der Waals surface area (Å²) in [5, 5.41) is 9.67. The molecule has 1 saturated heterocycles. The third-order valence-electron chi connectivity index (χ3n) is 6.27. The lowest BCUT2D eigenvalue weighted by Gasteiger charge is -2.33. The minimum absolute atomic E-state index is 0.0105. The van der Waals surface area contributed by atoms with Crippen molar-refractivity contribution in [1.29, 1.82) is 5.26 Å². The Kier molecular flexibility index (Phi) is 6.77. The number of rotatable bonds is 6. The first-order chi connectivity index (χ1) is 18.3. The van der Waals surface area contributed by atoms with E-state index in [9.17, 15) is 23.2 Å². The molecule has 1 aliphatic rings. The summed E-state index contributed by atoms with van der Waals surface area (Å²) in [5.41, 5.74) is 0.356. The van der Waals surface area contributed by atoms with E-state index >= 15 is 0 Å². The number of hydrogen-bond donors (Lipinski definition) is 1. The summed E-state index contributed by atoms with van der Waals surface area (Å²) >= 11 is 0. The van der Waals surface area contributed by atoms with Crippen LogP contribution in [0.15, 0.2) is 47.1 Å². The molecule has 38 heavy (non-hydrogen) atoms. The van der Waals surface area contributed by atoms with Crippen molar-refractivity contribution in [2.75, 3.05) is 32.8 Å². The molecule has 1 aromatic carbocycles. The molecule has 0 radical (unpaired) electrons. The van der Waals surface area contributed by atoms with Crippen molar-refractivity contribution in [2.24, 2.45) is 0 Å². The highest BCUT2D eigenvalue weighted by Gasteiger charge is 2.35. The second kappa shape index (κ2) is 10.2. The monoisotopic (exact) mass is 524 g/mol. The number of alkyl halides is 3. The van der Waals surface area contributed by atoms with Gasteiger partial charge in [-0.15, -0.1) is 0 Å². The molecule has 1 fully saturated rings. The summed E-state index contributed by atoms with van der Waals surface area (Å²) in [5.74, 6) is 0.473. The molecule has 1 N–H and O–H groups in total. The summed E-state index contributed by atoms with van der Waals surface area (Å²) in [6.45, 7) is 4.42. The molecule has 1 amide bonds. The van der Waals surface area contributed by atoms with Crippen LogP contribution in [0.2, 0.25) is 0 Å². The van der Waals surface area contributed by atoms with Crippen LogP contribution in [0, 0.1) is 11.3 Å². The van der Waals surface area contributed by atoms with Crippen LogP contribution in [0.1, 0.15) is 34.6 Å². The molecule has 0 bridgehead atoms. The van der Waals surface area contributed by atoms with Crippen molar-refractivity contribution >= 4 is 16.9 Å². The van der Waals surface area contributed by atoms with E-state index in [4.69, 9.17) is 9.15 Å². The molecule has 4 heterocycles. The zero-order valence-corrected chi connectivity index (χ0v) is 20.4. The number of halogens is 3. The number of benzene rings is 1. The lowest BCUT2D eigenvalue weighted by molar-refractivity contribution is -0.138. The van der Waals surface area contributed by atoms with Gasteiger partial charge >= 0.3 is 6.18 Å². The highest BCUT2D eigenvalue weighted by Crippen LogP contribution is 2.39. The zero-order valence-electron chi connectivity index (χ0n) is 20.4. The minimum atomic E-state index is -4.61. The normalized spacial score (nSPS) is 14.6. The first-order valence-corrected chi connectivity index (χ1v) is 12.0. The van der Waals surface area contributed by atoms with Gasteiger partial charge in [-0.25, -0.2) is 9.97 Å². The van der Waals surface area contributed by atoms with Crippen LogP contribution in [0.25, 0.3) is 22.3 Å². The summed E-state index contributed by atoms with van der Waals surface area (Å²) < 4.78 is 51.2. The Labute approximate surface area is 215 Å². The third kappa shape index (κ3) is 5.05. The van der Waals surface area contributed by atoms with Gasteiger partial charge in [0.25, 0.3) is 5.91 Å². The van der Waals surface area contributed by atoms with Gasteiger partial charge in [0, 0.05) is 31.7 Å². The van der Waals surface area contributed by atoms with Crippen LogP contribution < -0.4 is 4.74 Å². The molecule has 0 saturated carbocycles. The van der Waals surface area contributed by atoms with Gasteiger partial charge in [-0.1, -0.05) is 0 Å². The SMILES string of the molecule is CCOc1ccc(-c2cc3[nH]c(CN4CCN(C(=O)c5ccco5)CC4)nc3c(C#N)n2)cc1C(F)(F)F. The highest BCUT2D eigenvalue weighted by atomic mass is 19.4. The summed E-state index contributed by atoms with van der Waals surface area (Å²) in [6, 6.07) is 10.6. The standard InChI is InChI=1S/C26H23F3N6O3/c1-2-37-21-6-5-16(12-17(21)26(27,28)29)18-13-19-24(20(14-30)31-18)33-23(32-19)15-34-7-9-35(10-8-34)25(36)22-4-3-11-38-22/h3-6,11-13H,2,7-10,15H2,1H3,(H,32,33). The number of carbonyl (C=O) groups is 1. The van der Waals surface area contributed by atoms with E-state index < -0.39 is 11.7 Å². The van der Waals surface area contributed by atoms with Gasteiger partial charge in [0.2, 0.25) is 0 Å².